The van der Waals surface area contributed by atoms with Gasteiger partial charge >= 0.3 is 0 Å². The van der Waals surface area contributed by atoms with E-state index < -0.39 is 0 Å². The molecule has 0 spiro atoms. The second kappa shape index (κ2) is 3.19. The summed E-state index contributed by atoms with van der Waals surface area (Å²) < 4.78 is 0. The minimum Gasteiger partial charge on any atom is -0.390 e. The molecule has 1 aliphatic heterocycles. The van der Waals surface area contributed by atoms with Gasteiger partial charge < -0.3 is 10.0 Å². The van der Waals surface area contributed by atoms with E-state index in [9.17, 15) is 4.79 Å². The molecule has 64 valence electrons. The number of rotatable bonds is 2. The first-order chi connectivity index (χ1) is 5.09. The molecule has 1 N–H and O–H groups in total. The van der Waals surface area contributed by atoms with Crippen LogP contribution in [0.1, 0.15) is 0 Å². The fourth-order valence-electron chi connectivity index (χ4n) is 1.00. The molecular formula is C7H14N2O2. The number of carbonyl (C=O) groups is 1. The molecule has 1 amide bonds. The van der Waals surface area contributed by atoms with Gasteiger partial charge in [0.25, 0.3) is 0 Å². The fraction of sp³-hybridized carbons (Fsp3) is 0.857. The highest BCUT2D eigenvalue weighted by atomic mass is 16.3. The van der Waals surface area contributed by atoms with Crippen LogP contribution in [-0.2, 0) is 4.79 Å². The third-order valence-corrected chi connectivity index (χ3v) is 1.80. The average Bonchev–Trinajstić information content (AvgIpc) is 1.84. The van der Waals surface area contributed by atoms with E-state index in [4.69, 9.17) is 5.11 Å². The average molecular weight is 158 g/mol. The van der Waals surface area contributed by atoms with E-state index in [1.54, 1.807) is 19.0 Å². The van der Waals surface area contributed by atoms with Gasteiger partial charge in [0.05, 0.1) is 12.6 Å². The third-order valence-electron chi connectivity index (χ3n) is 1.80. The minimum absolute atomic E-state index is 0.0944. The number of carbonyl (C=O) groups excluding carboxylic acids is 1. The lowest BCUT2D eigenvalue weighted by Gasteiger charge is -2.35. The van der Waals surface area contributed by atoms with Crippen molar-refractivity contribution in [1.29, 1.82) is 0 Å². The maximum absolute atomic E-state index is 11.1. The van der Waals surface area contributed by atoms with Gasteiger partial charge in [-0.3, -0.25) is 9.69 Å². The summed E-state index contributed by atoms with van der Waals surface area (Å²) in [6.45, 7) is 1.71. The largest absolute Gasteiger partial charge is 0.390 e. The predicted molar refractivity (Wildman–Crippen MR) is 41.1 cm³/mol. The van der Waals surface area contributed by atoms with E-state index in [2.05, 4.69) is 0 Å². The van der Waals surface area contributed by atoms with Crippen LogP contribution in [0.4, 0.5) is 0 Å². The highest BCUT2D eigenvalue weighted by molar-refractivity contribution is 5.77. The summed E-state index contributed by atoms with van der Waals surface area (Å²) >= 11 is 0. The Morgan fingerprint density at radius 1 is 1.64 bits per heavy atom. The van der Waals surface area contributed by atoms with Crippen molar-refractivity contribution in [2.75, 3.05) is 33.7 Å². The Morgan fingerprint density at radius 3 is 2.55 bits per heavy atom. The first-order valence-corrected chi connectivity index (χ1v) is 3.70. The van der Waals surface area contributed by atoms with Gasteiger partial charge in [-0.25, -0.2) is 0 Å². The Labute approximate surface area is 66.4 Å². The van der Waals surface area contributed by atoms with Gasteiger partial charge in [0.1, 0.15) is 0 Å². The van der Waals surface area contributed by atoms with Crippen LogP contribution in [0.3, 0.4) is 0 Å². The molecule has 1 fully saturated rings. The van der Waals surface area contributed by atoms with Crippen molar-refractivity contribution in [2.45, 2.75) is 6.10 Å². The zero-order valence-corrected chi connectivity index (χ0v) is 6.95. The van der Waals surface area contributed by atoms with Crippen molar-refractivity contribution < 1.29 is 9.90 Å². The number of likely N-dealkylation sites (tertiary alicyclic amines) is 1. The molecule has 0 aromatic carbocycles. The van der Waals surface area contributed by atoms with Crippen molar-refractivity contribution in [3.63, 3.8) is 0 Å². The predicted octanol–water partition coefficient (Wildman–Crippen LogP) is -1.25. The van der Waals surface area contributed by atoms with Crippen LogP contribution in [0.15, 0.2) is 0 Å². The summed E-state index contributed by atoms with van der Waals surface area (Å²) in [5.74, 6) is 0.0944. The number of likely N-dealkylation sites (N-methyl/N-ethyl adjacent to an activating group) is 1. The second-order valence-electron chi connectivity index (χ2n) is 3.14. The van der Waals surface area contributed by atoms with Crippen molar-refractivity contribution >= 4 is 5.91 Å². The summed E-state index contributed by atoms with van der Waals surface area (Å²) in [7, 11) is 3.47. The van der Waals surface area contributed by atoms with Gasteiger partial charge in [0.15, 0.2) is 0 Å². The van der Waals surface area contributed by atoms with Crippen molar-refractivity contribution in [3.8, 4) is 0 Å². The lowest BCUT2D eigenvalue weighted by Crippen LogP contribution is -2.53. The SMILES string of the molecule is CN(C)C(=O)CN1CC(O)C1. The van der Waals surface area contributed by atoms with Crippen molar-refractivity contribution in [1.82, 2.24) is 9.80 Å². The molecule has 4 nitrogen and oxygen atoms in total. The summed E-state index contributed by atoms with van der Waals surface area (Å²) in [6.07, 6.45) is -0.218. The molecule has 0 unspecified atom stereocenters. The normalized spacial score (nSPS) is 19.5. The van der Waals surface area contributed by atoms with E-state index in [0.29, 0.717) is 19.6 Å². The Bertz CT molecular complexity index is 153. The summed E-state index contributed by atoms with van der Waals surface area (Å²) in [5, 5.41) is 8.90. The Kier molecular flexibility index (Phi) is 2.46. The van der Waals surface area contributed by atoms with Crippen LogP contribution in [-0.4, -0.2) is 60.6 Å². The summed E-state index contributed by atoms with van der Waals surface area (Å²) in [5.41, 5.74) is 0. The van der Waals surface area contributed by atoms with Crippen LogP contribution in [0, 0.1) is 0 Å². The first kappa shape index (κ1) is 8.49. The van der Waals surface area contributed by atoms with E-state index in [0.717, 1.165) is 0 Å². The molecule has 1 heterocycles. The lowest BCUT2D eigenvalue weighted by molar-refractivity contribution is -0.132. The van der Waals surface area contributed by atoms with E-state index >= 15 is 0 Å². The van der Waals surface area contributed by atoms with Gasteiger partial charge in [0, 0.05) is 27.2 Å². The van der Waals surface area contributed by atoms with Crippen LogP contribution in [0.2, 0.25) is 0 Å². The number of amides is 1. The molecule has 1 saturated heterocycles. The fourth-order valence-corrected chi connectivity index (χ4v) is 1.00. The third kappa shape index (κ3) is 2.17. The number of hydrogen-bond acceptors (Lipinski definition) is 3. The van der Waals surface area contributed by atoms with E-state index in [1.807, 2.05) is 4.90 Å². The molecule has 0 aliphatic carbocycles. The van der Waals surface area contributed by atoms with Gasteiger partial charge in [-0.1, -0.05) is 0 Å². The number of β-amino-alcohol motifs (C(OH)–C–C–N with tert-alkyl or cyclic N) is 1. The van der Waals surface area contributed by atoms with Crippen LogP contribution in [0.25, 0.3) is 0 Å². The second-order valence-corrected chi connectivity index (χ2v) is 3.14. The molecule has 0 aromatic rings. The summed E-state index contributed by atoms with van der Waals surface area (Å²) in [6, 6.07) is 0. The molecule has 1 rings (SSSR count). The lowest BCUT2D eigenvalue weighted by atomic mass is 10.2. The van der Waals surface area contributed by atoms with Crippen molar-refractivity contribution in [3.05, 3.63) is 0 Å². The summed E-state index contributed by atoms with van der Waals surface area (Å²) in [4.78, 5) is 14.5. The number of nitrogens with zero attached hydrogens (tertiary/aromatic N) is 2. The van der Waals surface area contributed by atoms with Gasteiger partial charge in [0.2, 0.25) is 5.91 Å². The Hall–Kier alpha value is -0.610. The highest BCUT2D eigenvalue weighted by Gasteiger charge is 2.26. The monoisotopic (exact) mass is 158 g/mol. The topological polar surface area (TPSA) is 43.8 Å². The van der Waals surface area contributed by atoms with Crippen LogP contribution in [0.5, 0.6) is 0 Å². The molecule has 1 aliphatic rings. The quantitative estimate of drug-likeness (QED) is 0.546. The number of hydrogen-bond donors (Lipinski definition) is 1. The smallest absolute Gasteiger partial charge is 0.236 e. The zero-order valence-electron chi connectivity index (χ0n) is 6.95. The molecule has 0 aromatic heterocycles. The molecular weight excluding hydrogens is 144 g/mol. The molecule has 0 atom stereocenters. The van der Waals surface area contributed by atoms with Crippen LogP contribution >= 0.6 is 0 Å². The molecule has 0 saturated carbocycles. The number of aliphatic hydroxyl groups is 1. The highest BCUT2D eigenvalue weighted by Crippen LogP contribution is 2.05. The maximum atomic E-state index is 11.1. The van der Waals surface area contributed by atoms with E-state index in [-0.39, 0.29) is 12.0 Å². The van der Waals surface area contributed by atoms with Crippen LogP contribution < -0.4 is 0 Å². The Balaban J connectivity index is 2.17. The molecule has 11 heavy (non-hydrogen) atoms. The maximum Gasteiger partial charge on any atom is 0.236 e. The molecule has 4 heteroatoms. The Morgan fingerprint density at radius 2 is 2.18 bits per heavy atom. The number of aliphatic hydroxyl groups excluding tert-OH is 1. The van der Waals surface area contributed by atoms with E-state index in [1.165, 1.54) is 0 Å². The van der Waals surface area contributed by atoms with Gasteiger partial charge in [-0.05, 0) is 0 Å². The van der Waals surface area contributed by atoms with Gasteiger partial charge in [-0.2, -0.15) is 0 Å². The molecule has 0 radical (unpaired) electrons. The first-order valence-electron chi connectivity index (χ1n) is 3.70. The van der Waals surface area contributed by atoms with Gasteiger partial charge in [-0.15, -0.1) is 0 Å². The van der Waals surface area contributed by atoms with Crippen molar-refractivity contribution in [2.24, 2.45) is 0 Å². The zero-order chi connectivity index (χ0) is 8.43. The molecule has 0 bridgehead atoms. The standard InChI is InChI=1S/C7H14N2O2/c1-8(2)7(11)5-9-3-6(10)4-9/h6,10H,3-5H2,1-2H3. The minimum atomic E-state index is -0.218.